The van der Waals surface area contributed by atoms with Gasteiger partial charge in [0.2, 0.25) is 0 Å². The Hall–Kier alpha value is -4.03. The Balaban J connectivity index is 1.79. The van der Waals surface area contributed by atoms with Crippen molar-refractivity contribution in [3.63, 3.8) is 0 Å². The fourth-order valence-corrected chi connectivity index (χ4v) is 4.60. The predicted molar refractivity (Wildman–Crippen MR) is 138 cm³/mol. The fourth-order valence-electron chi connectivity index (χ4n) is 4.60. The number of nitrogens with one attached hydrogen (secondary N) is 1. The van der Waals surface area contributed by atoms with Gasteiger partial charge in [-0.1, -0.05) is 26.0 Å². The van der Waals surface area contributed by atoms with Crippen LogP contribution in [0.15, 0.2) is 51.7 Å². The second-order valence-electron chi connectivity index (χ2n) is 10.7. The van der Waals surface area contributed by atoms with Crippen molar-refractivity contribution >= 4 is 34.5 Å². The van der Waals surface area contributed by atoms with E-state index in [2.05, 4.69) is 23.9 Å². The first-order valence-corrected chi connectivity index (χ1v) is 12.6. The number of carbonyl (C=O) groups excluding carboxylic acids is 2. The van der Waals surface area contributed by atoms with Gasteiger partial charge in [-0.25, -0.2) is 9.59 Å². The van der Waals surface area contributed by atoms with E-state index in [1.807, 2.05) is 0 Å². The van der Waals surface area contributed by atoms with Gasteiger partial charge in [-0.15, -0.1) is 0 Å². The summed E-state index contributed by atoms with van der Waals surface area (Å²) >= 11 is 0. The van der Waals surface area contributed by atoms with Crippen LogP contribution in [0, 0.1) is 12.3 Å². The molecule has 1 saturated heterocycles. The fraction of sp³-hybridized carbons (Fsp3) is 0.393. The zero-order valence-corrected chi connectivity index (χ0v) is 22.2. The summed E-state index contributed by atoms with van der Waals surface area (Å²) in [4.78, 5) is 38.3. The molecule has 1 unspecified atom stereocenters. The van der Waals surface area contributed by atoms with Gasteiger partial charge in [0, 0.05) is 30.4 Å². The van der Waals surface area contributed by atoms with Gasteiger partial charge in [-0.2, -0.15) is 26.3 Å². The lowest BCUT2D eigenvalue weighted by atomic mass is 9.83. The number of hydrogen-bond acceptors (Lipinski definition) is 7. The van der Waals surface area contributed by atoms with Crippen molar-refractivity contribution in [2.24, 2.45) is 5.41 Å². The highest BCUT2D eigenvalue weighted by molar-refractivity contribution is 6.02. The molecule has 1 aliphatic rings. The third kappa shape index (κ3) is 6.66. The molecule has 0 radical (unpaired) electrons. The second kappa shape index (κ2) is 10.7. The van der Waals surface area contributed by atoms with Crippen molar-refractivity contribution in [1.82, 2.24) is 0 Å². The average Bonchev–Trinajstić information content (AvgIpc) is 2.86. The number of esters is 2. The number of hydrogen-bond donors (Lipinski definition) is 1. The van der Waals surface area contributed by atoms with Crippen LogP contribution in [0.25, 0.3) is 11.0 Å². The van der Waals surface area contributed by atoms with Crippen LogP contribution >= 0.6 is 0 Å². The van der Waals surface area contributed by atoms with E-state index in [-0.39, 0.29) is 22.3 Å². The number of alkyl halides is 6. The van der Waals surface area contributed by atoms with Crippen LogP contribution in [0.1, 0.15) is 54.2 Å². The molecule has 0 amide bonds. The number of ether oxygens (including phenoxy) is 1. The highest BCUT2D eigenvalue weighted by atomic mass is 19.4. The van der Waals surface area contributed by atoms with Crippen molar-refractivity contribution in [2.75, 3.05) is 23.3 Å². The molecular formula is C28H26F6N2O5. The van der Waals surface area contributed by atoms with Gasteiger partial charge in [0.15, 0.2) is 17.4 Å². The minimum atomic E-state index is -5.49. The summed E-state index contributed by atoms with van der Waals surface area (Å²) in [7, 11) is 0. The molecule has 1 fully saturated rings. The maximum absolute atomic E-state index is 14.6. The van der Waals surface area contributed by atoms with E-state index < -0.39 is 52.6 Å². The van der Waals surface area contributed by atoms with E-state index in [0.717, 1.165) is 25.0 Å². The van der Waals surface area contributed by atoms with Gasteiger partial charge in [0.25, 0.3) is 0 Å². The van der Waals surface area contributed by atoms with Gasteiger partial charge in [-0.3, -0.25) is 4.79 Å². The van der Waals surface area contributed by atoms with Gasteiger partial charge < -0.3 is 19.4 Å². The number of anilines is 2. The van der Waals surface area contributed by atoms with Crippen LogP contribution < -0.4 is 15.6 Å². The van der Waals surface area contributed by atoms with Crippen LogP contribution in [0.5, 0.6) is 0 Å². The molecular weight excluding hydrogens is 558 g/mol. The van der Waals surface area contributed by atoms with Crippen molar-refractivity contribution in [3.05, 3.63) is 69.4 Å². The lowest BCUT2D eigenvalue weighted by molar-refractivity contribution is -0.193. The van der Waals surface area contributed by atoms with Gasteiger partial charge in [0.05, 0.1) is 10.9 Å². The summed E-state index contributed by atoms with van der Waals surface area (Å²) in [5, 5.41) is 2.05. The van der Waals surface area contributed by atoms with Crippen LogP contribution in [-0.4, -0.2) is 37.4 Å². The molecule has 0 spiro atoms. The van der Waals surface area contributed by atoms with Crippen LogP contribution in [-0.2, 0) is 9.53 Å². The number of fused-ring (bicyclic) bond motifs is 1. The number of nitrogens with zero attached hydrogens (tertiary/aromatic N) is 1. The molecule has 7 nitrogen and oxygen atoms in total. The normalized spacial score (nSPS) is 16.4. The Kier molecular flexibility index (Phi) is 7.85. The maximum atomic E-state index is 14.6. The highest BCUT2D eigenvalue weighted by Gasteiger charge is 2.45. The summed E-state index contributed by atoms with van der Waals surface area (Å²) in [5.74, 6) is -4.50. The van der Waals surface area contributed by atoms with E-state index >= 15 is 0 Å². The van der Waals surface area contributed by atoms with Crippen molar-refractivity contribution < 1.29 is 45.1 Å². The molecule has 3 aromatic rings. The molecule has 2 aromatic carbocycles. The van der Waals surface area contributed by atoms with E-state index in [4.69, 9.17) is 4.42 Å². The average molecular weight is 585 g/mol. The molecule has 0 saturated carbocycles. The summed E-state index contributed by atoms with van der Waals surface area (Å²) < 4.78 is 91.3. The molecule has 41 heavy (non-hydrogen) atoms. The summed E-state index contributed by atoms with van der Waals surface area (Å²) in [6, 6.07) is 5.58. The number of benzene rings is 2. The first-order valence-electron chi connectivity index (χ1n) is 12.6. The van der Waals surface area contributed by atoms with E-state index in [0.29, 0.717) is 18.7 Å². The summed E-state index contributed by atoms with van der Waals surface area (Å²) in [6.07, 6.45) is -8.99. The van der Waals surface area contributed by atoms with Crippen molar-refractivity contribution in [3.8, 4) is 0 Å². The Morgan fingerprint density at radius 2 is 1.66 bits per heavy atom. The first-order chi connectivity index (χ1) is 19.0. The third-order valence-electron chi connectivity index (χ3n) is 6.92. The van der Waals surface area contributed by atoms with Gasteiger partial charge in [0.1, 0.15) is 5.58 Å². The van der Waals surface area contributed by atoms with Crippen molar-refractivity contribution in [2.45, 2.75) is 52.0 Å². The number of para-hydroxylation sites is 1. The van der Waals surface area contributed by atoms with Crippen molar-refractivity contribution in [1.29, 1.82) is 0 Å². The smallest absolute Gasteiger partial charge is 0.440 e. The molecule has 1 N–H and O–H groups in total. The summed E-state index contributed by atoms with van der Waals surface area (Å²) in [5.41, 5.74) is -2.28. The Bertz CT molecular complexity index is 1530. The molecule has 0 bridgehead atoms. The van der Waals surface area contributed by atoms with E-state index in [1.165, 1.54) is 37.3 Å². The zero-order valence-electron chi connectivity index (χ0n) is 22.2. The zero-order chi connectivity index (χ0) is 30.3. The maximum Gasteiger partial charge on any atom is 0.491 e. The largest absolute Gasteiger partial charge is 0.491 e. The SMILES string of the molecule is Cc1cc(C(Nc2ccccc2C(=O)OC(=O)C(F)(F)F)C(F)(F)F)c2oc(N3CCC(C)(C)CC3)cc(=O)c2c1. The van der Waals surface area contributed by atoms with Crippen LogP contribution in [0.4, 0.5) is 37.9 Å². The van der Waals surface area contributed by atoms with Crippen LogP contribution in [0.2, 0.25) is 0 Å². The van der Waals surface area contributed by atoms with E-state index in [9.17, 15) is 40.7 Å². The minimum Gasteiger partial charge on any atom is -0.440 e. The number of piperidine rings is 1. The number of rotatable bonds is 5. The van der Waals surface area contributed by atoms with Crippen LogP contribution in [0.3, 0.4) is 0 Å². The summed E-state index contributed by atoms with van der Waals surface area (Å²) in [6.45, 7) is 6.72. The number of halogens is 6. The molecule has 13 heteroatoms. The van der Waals surface area contributed by atoms with Gasteiger partial charge in [-0.05, 0) is 55.0 Å². The Labute approximate surface area is 230 Å². The molecule has 1 aromatic heterocycles. The minimum absolute atomic E-state index is 0.0560. The monoisotopic (exact) mass is 584 g/mol. The third-order valence-corrected chi connectivity index (χ3v) is 6.92. The second-order valence-corrected chi connectivity index (χ2v) is 10.7. The number of carbonyl (C=O) groups is 2. The quantitative estimate of drug-likeness (QED) is 0.203. The highest BCUT2D eigenvalue weighted by Crippen LogP contribution is 2.41. The number of aryl methyl sites for hydroxylation is 1. The lowest BCUT2D eigenvalue weighted by Gasteiger charge is -2.37. The molecule has 0 aliphatic carbocycles. The Morgan fingerprint density at radius 1 is 1.02 bits per heavy atom. The molecule has 4 rings (SSSR count). The Morgan fingerprint density at radius 3 is 2.27 bits per heavy atom. The van der Waals surface area contributed by atoms with E-state index in [1.54, 1.807) is 4.90 Å². The molecule has 220 valence electrons. The molecule has 2 heterocycles. The predicted octanol–water partition coefficient (Wildman–Crippen LogP) is 6.69. The standard InChI is InChI=1S/C28H26F6N2O5/c1-15-12-17-20(37)14-21(36-10-8-26(2,3)9-11-36)40-22(17)18(13-15)23(27(29,30)31)35-19-7-5-4-6-16(19)24(38)41-25(39)28(32,33)34/h4-7,12-14,23,35H,8-11H2,1-3H3. The van der Waals surface area contributed by atoms with Gasteiger partial charge >= 0.3 is 24.3 Å². The molecule has 1 atom stereocenters. The topological polar surface area (TPSA) is 88.8 Å². The first kappa shape index (κ1) is 29.9. The molecule has 1 aliphatic heterocycles. The lowest BCUT2D eigenvalue weighted by Crippen LogP contribution is -2.37.